The van der Waals surface area contributed by atoms with Crippen molar-refractivity contribution in [2.75, 3.05) is 17.7 Å². The normalized spacial score (nSPS) is 16.0. The number of H-pyrrole nitrogens is 1. The Balaban J connectivity index is 2.04. The van der Waals surface area contributed by atoms with Gasteiger partial charge < -0.3 is 15.0 Å². The first-order valence-corrected chi connectivity index (χ1v) is 9.01. The fourth-order valence-corrected chi connectivity index (χ4v) is 3.43. The van der Waals surface area contributed by atoms with Crippen molar-refractivity contribution >= 4 is 23.5 Å². The van der Waals surface area contributed by atoms with Gasteiger partial charge in [-0.05, 0) is 24.6 Å². The molecule has 2 aromatic rings. The Labute approximate surface area is 149 Å². The van der Waals surface area contributed by atoms with Gasteiger partial charge in [0.2, 0.25) is 5.91 Å². The standard InChI is InChI=1S/C18H19N3O3S/c1-3-8-25-18-20-16-15(17(23)21-18)13(10-14(22)19-16)11-6-5-7-12(9-11)24-4-2/h3,5-7,9,13H,1,4,8,10H2,2H3,(H2,19,20,21,22,23)/t13-/m1/s1. The number of ether oxygens (including phenoxy) is 1. The van der Waals surface area contributed by atoms with Gasteiger partial charge in [0.25, 0.3) is 5.56 Å². The highest BCUT2D eigenvalue weighted by molar-refractivity contribution is 7.99. The monoisotopic (exact) mass is 357 g/mol. The van der Waals surface area contributed by atoms with Gasteiger partial charge in [-0.25, -0.2) is 4.98 Å². The van der Waals surface area contributed by atoms with Crippen molar-refractivity contribution in [1.29, 1.82) is 0 Å². The summed E-state index contributed by atoms with van der Waals surface area (Å²) < 4.78 is 5.53. The summed E-state index contributed by atoms with van der Waals surface area (Å²) in [5.41, 5.74) is 1.11. The van der Waals surface area contributed by atoms with Crippen LogP contribution in [0.1, 0.15) is 30.4 Å². The molecular formula is C18H19N3O3S. The van der Waals surface area contributed by atoms with Gasteiger partial charge in [-0.3, -0.25) is 9.59 Å². The van der Waals surface area contributed by atoms with Gasteiger partial charge in [0.15, 0.2) is 5.16 Å². The molecule has 1 aliphatic heterocycles. The molecule has 7 heteroatoms. The van der Waals surface area contributed by atoms with E-state index in [2.05, 4.69) is 21.9 Å². The summed E-state index contributed by atoms with van der Waals surface area (Å²) >= 11 is 1.36. The van der Waals surface area contributed by atoms with E-state index in [-0.39, 0.29) is 23.8 Å². The summed E-state index contributed by atoms with van der Waals surface area (Å²) in [5, 5.41) is 3.18. The van der Waals surface area contributed by atoms with Crippen LogP contribution in [-0.4, -0.2) is 28.2 Å². The summed E-state index contributed by atoms with van der Waals surface area (Å²) in [6.45, 7) is 6.11. The summed E-state index contributed by atoms with van der Waals surface area (Å²) in [5.74, 6) is 1.17. The van der Waals surface area contributed by atoms with Crippen LogP contribution in [0.15, 0.2) is 46.9 Å². The second-order valence-electron chi connectivity index (χ2n) is 5.54. The number of aromatic amines is 1. The quantitative estimate of drug-likeness (QED) is 0.472. The number of thioether (sulfide) groups is 1. The predicted octanol–water partition coefficient (Wildman–Crippen LogP) is 2.92. The highest BCUT2D eigenvalue weighted by Gasteiger charge is 2.31. The lowest BCUT2D eigenvalue weighted by molar-refractivity contribution is -0.116. The molecule has 0 bridgehead atoms. The smallest absolute Gasteiger partial charge is 0.257 e. The molecule has 1 aromatic carbocycles. The molecule has 0 radical (unpaired) electrons. The Morgan fingerprint density at radius 3 is 3.04 bits per heavy atom. The zero-order valence-electron chi connectivity index (χ0n) is 13.9. The molecule has 1 amide bonds. The van der Waals surface area contributed by atoms with E-state index in [1.807, 2.05) is 31.2 Å². The Bertz CT molecular complexity index is 863. The summed E-state index contributed by atoms with van der Waals surface area (Å²) in [7, 11) is 0. The van der Waals surface area contributed by atoms with Crippen LogP contribution in [0.3, 0.4) is 0 Å². The zero-order valence-corrected chi connectivity index (χ0v) is 14.7. The lowest BCUT2D eigenvalue weighted by Crippen LogP contribution is -2.31. The summed E-state index contributed by atoms with van der Waals surface area (Å²) in [6, 6.07) is 7.49. The van der Waals surface area contributed by atoms with Gasteiger partial charge >= 0.3 is 0 Å². The van der Waals surface area contributed by atoms with Crippen molar-refractivity contribution in [2.24, 2.45) is 0 Å². The van der Waals surface area contributed by atoms with Gasteiger partial charge in [0.05, 0.1) is 12.2 Å². The first-order chi connectivity index (χ1) is 12.1. The number of hydrogen-bond acceptors (Lipinski definition) is 5. The van der Waals surface area contributed by atoms with Gasteiger partial charge in [0.1, 0.15) is 11.6 Å². The first kappa shape index (κ1) is 17.3. The molecule has 25 heavy (non-hydrogen) atoms. The van der Waals surface area contributed by atoms with E-state index < -0.39 is 0 Å². The molecule has 0 fully saturated rings. The highest BCUT2D eigenvalue weighted by Crippen LogP contribution is 2.35. The molecule has 0 unspecified atom stereocenters. The van der Waals surface area contributed by atoms with E-state index in [0.29, 0.717) is 28.9 Å². The molecule has 2 heterocycles. The number of aromatic nitrogens is 2. The molecule has 1 atom stereocenters. The van der Waals surface area contributed by atoms with Crippen molar-refractivity contribution in [3.8, 4) is 5.75 Å². The molecule has 1 aliphatic rings. The highest BCUT2D eigenvalue weighted by atomic mass is 32.2. The van der Waals surface area contributed by atoms with Crippen molar-refractivity contribution in [2.45, 2.75) is 24.4 Å². The Hall–Kier alpha value is -2.54. The third kappa shape index (κ3) is 3.76. The maximum atomic E-state index is 12.6. The van der Waals surface area contributed by atoms with E-state index in [1.165, 1.54) is 11.8 Å². The SMILES string of the molecule is C=CCSc1nc2c(c(=O)[nH]1)[C@@H](c1cccc(OCC)c1)CC(=O)N2. The van der Waals surface area contributed by atoms with Gasteiger partial charge in [-0.1, -0.05) is 30.0 Å². The van der Waals surface area contributed by atoms with E-state index >= 15 is 0 Å². The van der Waals surface area contributed by atoms with E-state index in [9.17, 15) is 9.59 Å². The minimum absolute atomic E-state index is 0.155. The van der Waals surface area contributed by atoms with Crippen molar-refractivity contribution in [3.05, 3.63) is 58.4 Å². The molecule has 1 aromatic heterocycles. The average molecular weight is 357 g/mol. The number of nitrogens with zero attached hydrogens (tertiary/aromatic N) is 1. The maximum absolute atomic E-state index is 12.6. The van der Waals surface area contributed by atoms with Crippen LogP contribution in [0.25, 0.3) is 0 Å². The number of amides is 1. The van der Waals surface area contributed by atoms with E-state index in [1.54, 1.807) is 6.08 Å². The van der Waals surface area contributed by atoms with Crippen LogP contribution < -0.4 is 15.6 Å². The van der Waals surface area contributed by atoms with E-state index in [0.717, 1.165) is 11.3 Å². The van der Waals surface area contributed by atoms with Crippen molar-refractivity contribution in [1.82, 2.24) is 9.97 Å². The minimum atomic E-state index is -0.348. The molecule has 130 valence electrons. The molecule has 2 N–H and O–H groups in total. The largest absolute Gasteiger partial charge is 0.494 e. The molecule has 0 saturated carbocycles. The fourth-order valence-electron chi connectivity index (χ4n) is 2.83. The Morgan fingerprint density at radius 2 is 2.28 bits per heavy atom. The van der Waals surface area contributed by atoms with Crippen molar-refractivity contribution < 1.29 is 9.53 Å². The second-order valence-corrected chi connectivity index (χ2v) is 6.55. The third-order valence-electron chi connectivity index (χ3n) is 3.84. The van der Waals surface area contributed by atoms with Crippen LogP contribution in [0, 0.1) is 0 Å². The Kier molecular flexibility index (Phi) is 5.23. The van der Waals surface area contributed by atoms with Gasteiger partial charge in [-0.15, -0.1) is 6.58 Å². The predicted molar refractivity (Wildman–Crippen MR) is 98.5 cm³/mol. The van der Waals surface area contributed by atoms with Crippen LogP contribution in [-0.2, 0) is 4.79 Å². The van der Waals surface area contributed by atoms with Crippen LogP contribution in [0.2, 0.25) is 0 Å². The number of fused-ring (bicyclic) bond motifs is 1. The average Bonchev–Trinajstić information content (AvgIpc) is 2.59. The number of benzene rings is 1. The molecule has 0 spiro atoms. The van der Waals surface area contributed by atoms with Gasteiger partial charge in [-0.2, -0.15) is 0 Å². The first-order valence-electron chi connectivity index (χ1n) is 8.03. The summed E-state index contributed by atoms with van der Waals surface area (Å²) in [4.78, 5) is 32.0. The number of nitrogens with one attached hydrogen (secondary N) is 2. The van der Waals surface area contributed by atoms with Crippen LogP contribution in [0.5, 0.6) is 5.75 Å². The minimum Gasteiger partial charge on any atom is -0.494 e. The summed E-state index contributed by atoms with van der Waals surface area (Å²) in [6.07, 6.45) is 1.93. The van der Waals surface area contributed by atoms with Crippen molar-refractivity contribution in [3.63, 3.8) is 0 Å². The molecule has 0 aliphatic carbocycles. The second kappa shape index (κ2) is 7.57. The topological polar surface area (TPSA) is 84.1 Å². The number of hydrogen-bond donors (Lipinski definition) is 2. The zero-order chi connectivity index (χ0) is 17.8. The van der Waals surface area contributed by atoms with E-state index in [4.69, 9.17) is 4.74 Å². The maximum Gasteiger partial charge on any atom is 0.257 e. The number of anilines is 1. The number of carbonyl (C=O) groups is 1. The number of rotatable bonds is 6. The van der Waals surface area contributed by atoms with Gasteiger partial charge in [0, 0.05) is 18.1 Å². The van der Waals surface area contributed by atoms with Crippen LogP contribution >= 0.6 is 11.8 Å². The molecule has 0 saturated heterocycles. The third-order valence-corrected chi connectivity index (χ3v) is 4.71. The number of carbonyl (C=O) groups excluding carboxylic acids is 1. The molecular weight excluding hydrogens is 338 g/mol. The van der Waals surface area contributed by atoms with Crippen LogP contribution in [0.4, 0.5) is 5.82 Å². The fraction of sp³-hybridized carbons (Fsp3) is 0.278. The molecule has 6 nitrogen and oxygen atoms in total. The lowest BCUT2D eigenvalue weighted by Gasteiger charge is -2.24. The Morgan fingerprint density at radius 1 is 1.44 bits per heavy atom. The molecule has 3 rings (SSSR count). The lowest BCUT2D eigenvalue weighted by atomic mass is 9.87.